The second-order valence-corrected chi connectivity index (χ2v) is 6.69. The van der Waals surface area contributed by atoms with E-state index in [0.717, 1.165) is 0 Å². The number of ether oxygens (including phenoxy) is 1. The number of rotatable bonds is 5. The van der Waals surface area contributed by atoms with Gasteiger partial charge < -0.3 is 15.8 Å². The van der Waals surface area contributed by atoms with Gasteiger partial charge >= 0.3 is 0 Å². The number of alkyl halides is 1. The van der Waals surface area contributed by atoms with E-state index in [-0.39, 0.29) is 23.2 Å². The molecule has 1 aliphatic rings. The molecule has 1 aromatic carbocycles. The highest BCUT2D eigenvalue weighted by Crippen LogP contribution is 2.39. The number of aromatic nitrogens is 1. The fourth-order valence-electron chi connectivity index (χ4n) is 2.95. The van der Waals surface area contributed by atoms with E-state index < -0.39 is 24.3 Å². The molecule has 150 valence electrons. The molecule has 1 aliphatic heterocycles. The summed E-state index contributed by atoms with van der Waals surface area (Å²) in [5, 5.41) is 11.7. The smallest absolute Gasteiger partial charge is 0.284 e. The van der Waals surface area contributed by atoms with Crippen LogP contribution in [-0.4, -0.2) is 29.8 Å². The highest BCUT2D eigenvalue weighted by Gasteiger charge is 2.41. The first-order valence-corrected chi connectivity index (χ1v) is 8.80. The van der Waals surface area contributed by atoms with Gasteiger partial charge in [-0.15, -0.1) is 0 Å². The molecule has 0 saturated heterocycles. The van der Waals surface area contributed by atoms with Gasteiger partial charge in [0.1, 0.15) is 24.0 Å². The number of hydrogen-bond acceptors (Lipinski definition) is 8. The van der Waals surface area contributed by atoms with E-state index in [0.29, 0.717) is 16.8 Å². The number of aliphatic imine (C=N–C) groups is 1. The lowest BCUT2D eigenvalue weighted by Crippen LogP contribution is -2.50. The Morgan fingerprint density at radius 1 is 1.45 bits per heavy atom. The Kier molecular flexibility index (Phi) is 5.93. The fraction of sp³-hybridized carbons (Fsp3) is 0.222. The van der Waals surface area contributed by atoms with Crippen molar-refractivity contribution in [3.63, 3.8) is 0 Å². The van der Waals surface area contributed by atoms with Crippen LogP contribution in [0.4, 0.5) is 10.1 Å². The normalized spacial score (nSPS) is 20.9. The molecule has 0 bridgehead atoms. The molecule has 1 aromatic heterocycles. The number of hydrazine groups is 1. The summed E-state index contributed by atoms with van der Waals surface area (Å²) >= 11 is 6.30. The zero-order valence-corrected chi connectivity index (χ0v) is 15.8. The number of carbonyl (C=O) groups excluding carboxylic acids is 1. The number of nitriles is 1. The zero-order valence-electron chi connectivity index (χ0n) is 15.0. The first-order chi connectivity index (χ1) is 13.9. The second kappa shape index (κ2) is 8.40. The summed E-state index contributed by atoms with van der Waals surface area (Å²) in [6.45, 7) is -0.913. The Labute approximate surface area is 170 Å². The van der Waals surface area contributed by atoms with Crippen LogP contribution in [0.25, 0.3) is 0 Å². The largest absolute Gasteiger partial charge is 0.445 e. The van der Waals surface area contributed by atoms with E-state index in [2.05, 4.69) is 20.7 Å². The predicted molar refractivity (Wildman–Crippen MR) is 104 cm³/mol. The quantitative estimate of drug-likeness (QED) is 0.425. The Balaban J connectivity index is 1.92. The van der Waals surface area contributed by atoms with Crippen LogP contribution in [0.1, 0.15) is 28.0 Å². The number of amidine groups is 1. The van der Waals surface area contributed by atoms with Crippen molar-refractivity contribution in [2.24, 2.45) is 16.6 Å². The van der Waals surface area contributed by atoms with Crippen LogP contribution < -0.4 is 22.3 Å². The number of nitrogens with zero attached hydrogens (tertiary/aromatic N) is 3. The molecular weight excluding hydrogens is 401 g/mol. The fourth-order valence-corrected chi connectivity index (χ4v) is 3.24. The number of nitrogens with one attached hydrogen (secondary N) is 2. The first kappa shape index (κ1) is 20.5. The SMILES string of the molecule is N#Cc1ccc(C(=O)Nc2ccc(Cl)c([C@@]3(CF)C[C@@H](NN)OC(N)=N3)c2)nc1. The molecule has 0 aliphatic carbocycles. The summed E-state index contributed by atoms with van der Waals surface area (Å²) in [6, 6.07) is 9.19. The van der Waals surface area contributed by atoms with Gasteiger partial charge in [0.15, 0.2) is 6.23 Å². The highest BCUT2D eigenvalue weighted by molar-refractivity contribution is 6.31. The standard InChI is InChI=1S/C18H17ClFN7O2/c19-13-3-2-11(25-16(28)14-4-1-10(7-21)8-24-14)5-12(13)18(9-20)6-15(27-23)29-17(22)26-18/h1-5,8,15,27H,6,9,23H2,(H2,22,26)(H,25,28)/t15-,18-/m0/s1. The molecule has 29 heavy (non-hydrogen) atoms. The third kappa shape index (κ3) is 4.27. The molecule has 1 amide bonds. The van der Waals surface area contributed by atoms with E-state index in [1.54, 1.807) is 6.07 Å². The monoisotopic (exact) mass is 417 g/mol. The van der Waals surface area contributed by atoms with Crippen LogP contribution in [0, 0.1) is 11.3 Å². The van der Waals surface area contributed by atoms with Crippen LogP contribution >= 0.6 is 11.6 Å². The summed E-state index contributed by atoms with van der Waals surface area (Å²) in [5.41, 5.74) is 7.76. The van der Waals surface area contributed by atoms with Crippen molar-refractivity contribution >= 4 is 29.2 Å². The first-order valence-electron chi connectivity index (χ1n) is 8.42. The van der Waals surface area contributed by atoms with Crippen LogP contribution in [0.15, 0.2) is 41.5 Å². The number of halogens is 2. The van der Waals surface area contributed by atoms with E-state index >= 15 is 0 Å². The van der Waals surface area contributed by atoms with Gasteiger partial charge in [0.05, 0.1) is 5.56 Å². The van der Waals surface area contributed by atoms with Crippen LogP contribution in [0.5, 0.6) is 0 Å². The molecule has 2 heterocycles. The minimum atomic E-state index is -1.43. The lowest BCUT2D eigenvalue weighted by atomic mass is 9.86. The van der Waals surface area contributed by atoms with E-state index in [4.69, 9.17) is 33.2 Å². The predicted octanol–water partition coefficient (Wildman–Crippen LogP) is 1.55. The molecule has 0 saturated carbocycles. The Hall–Kier alpha value is -3.26. The van der Waals surface area contributed by atoms with Crippen molar-refractivity contribution in [2.75, 3.05) is 12.0 Å². The summed E-state index contributed by atoms with van der Waals surface area (Å²) < 4.78 is 19.4. The number of benzene rings is 1. The molecule has 0 radical (unpaired) electrons. The second-order valence-electron chi connectivity index (χ2n) is 6.29. The van der Waals surface area contributed by atoms with Crippen LogP contribution in [-0.2, 0) is 10.3 Å². The molecule has 6 N–H and O–H groups in total. The highest BCUT2D eigenvalue weighted by atomic mass is 35.5. The third-order valence-electron chi connectivity index (χ3n) is 4.37. The summed E-state index contributed by atoms with van der Waals surface area (Å²) in [4.78, 5) is 20.5. The topological polar surface area (TPSA) is 151 Å². The van der Waals surface area contributed by atoms with Gasteiger partial charge in [-0.25, -0.2) is 19.8 Å². The number of anilines is 1. The van der Waals surface area contributed by atoms with Gasteiger partial charge in [-0.3, -0.25) is 10.6 Å². The molecule has 2 atom stereocenters. The molecule has 11 heteroatoms. The van der Waals surface area contributed by atoms with Gasteiger partial charge in [0.25, 0.3) is 11.9 Å². The number of nitrogens with two attached hydrogens (primary N) is 2. The summed E-state index contributed by atoms with van der Waals surface area (Å²) in [6.07, 6.45) is 0.565. The van der Waals surface area contributed by atoms with Gasteiger partial charge in [-0.1, -0.05) is 11.6 Å². The molecule has 0 spiro atoms. The molecule has 9 nitrogen and oxygen atoms in total. The number of pyridine rings is 1. The van der Waals surface area contributed by atoms with Gasteiger partial charge in [-0.05, 0) is 30.3 Å². The van der Waals surface area contributed by atoms with Crippen molar-refractivity contribution in [2.45, 2.75) is 18.2 Å². The van der Waals surface area contributed by atoms with Gasteiger partial charge in [0.2, 0.25) is 0 Å². The zero-order chi connectivity index (χ0) is 21.0. The Bertz CT molecular complexity index is 993. The van der Waals surface area contributed by atoms with E-state index in [9.17, 15) is 9.18 Å². The van der Waals surface area contributed by atoms with E-state index in [1.165, 1.54) is 30.5 Å². The molecule has 3 rings (SSSR count). The average Bonchev–Trinajstić information content (AvgIpc) is 2.74. The summed E-state index contributed by atoms with van der Waals surface area (Å²) in [7, 11) is 0. The Morgan fingerprint density at radius 2 is 2.24 bits per heavy atom. The van der Waals surface area contributed by atoms with Crippen molar-refractivity contribution in [1.29, 1.82) is 5.26 Å². The minimum Gasteiger partial charge on any atom is -0.445 e. The molecule has 2 aromatic rings. The molecule has 0 fully saturated rings. The van der Waals surface area contributed by atoms with Crippen molar-refractivity contribution in [1.82, 2.24) is 10.4 Å². The molecule has 0 unspecified atom stereocenters. The van der Waals surface area contributed by atoms with Crippen molar-refractivity contribution in [3.8, 4) is 6.07 Å². The Morgan fingerprint density at radius 3 is 2.86 bits per heavy atom. The maximum atomic E-state index is 14.1. The summed E-state index contributed by atoms with van der Waals surface area (Å²) in [5.74, 6) is 4.91. The maximum Gasteiger partial charge on any atom is 0.284 e. The van der Waals surface area contributed by atoms with Crippen LogP contribution in [0.3, 0.4) is 0 Å². The van der Waals surface area contributed by atoms with Gasteiger partial charge in [0, 0.05) is 28.9 Å². The average molecular weight is 418 g/mol. The number of carbonyl (C=O) groups is 1. The van der Waals surface area contributed by atoms with Crippen molar-refractivity contribution < 1.29 is 13.9 Å². The number of hydrogen-bond donors (Lipinski definition) is 4. The lowest BCUT2D eigenvalue weighted by Gasteiger charge is -2.36. The minimum absolute atomic E-state index is 0.0367. The van der Waals surface area contributed by atoms with E-state index in [1.807, 2.05) is 6.07 Å². The third-order valence-corrected chi connectivity index (χ3v) is 4.70. The number of amides is 1. The lowest BCUT2D eigenvalue weighted by molar-refractivity contribution is 0.0748. The molecular formula is C18H17ClFN7O2. The van der Waals surface area contributed by atoms with Crippen LogP contribution in [0.2, 0.25) is 5.02 Å². The van der Waals surface area contributed by atoms with Crippen molar-refractivity contribution in [3.05, 3.63) is 58.4 Å². The maximum absolute atomic E-state index is 14.1. The van der Waals surface area contributed by atoms with Gasteiger partial charge in [-0.2, -0.15) is 5.26 Å².